The smallest absolute Gasteiger partial charge is 0.248 e. The Hall–Kier alpha value is -2.69. The topological polar surface area (TPSA) is 99.6 Å². The number of hydrogen-bond acceptors (Lipinski definition) is 6. The number of aliphatic hydroxyl groups is 1. The SMILES string of the molecule is C=CCN(C(=O)[C@H]1[C@H]2C(=O)N(CCO)C(C(=O)N(CC=C)C(C)CCC)C23CC(Br)[C@@H]1O3)c1ccc(OCC)cc1. The predicted molar refractivity (Wildman–Crippen MR) is 161 cm³/mol. The van der Waals surface area contributed by atoms with Gasteiger partial charge in [0, 0.05) is 36.2 Å². The molecule has 0 aliphatic carbocycles. The standard InChI is InChI=1S/C31H42BrN3O6/c1-6-10-20(5)33(15-7-2)30(39)27-31-19-23(32)26(41-31)24(25(31)29(38)35(27)17-18-36)28(37)34(16-8-3)21-11-13-22(14-12-21)40-9-4/h7-8,11-14,20,23-27,36H,2-3,6,9-10,15-19H2,1,4-5H3/t20?,23?,24-,25-,26-,27?,31?/m0/s1. The maximum atomic E-state index is 14.4. The normalized spacial score (nSPS) is 28.8. The van der Waals surface area contributed by atoms with E-state index in [0.29, 0.717) is 31.0 Å². The minimum absolute atomic E-state index is 0.0191. The summed E-state index contributed by atoms with van der Waals surface area (Å²) in [6, 6.07) is 6.20. The van der Waals surface area contributed by atoms with Crippen LogP contribution in [-0.4, -0.2) is 94.1 Å². The van der Waals surface area contributed by atoms with Gasteiger partial charge in [-0.05, 0) is 51.0 Å². The first-order chi connectivity index (χ1) is 19.7. The van der Waals surface area contributed by atoms with E-state index in [-0.39, 0.29) is 48.3 Å². The van der Waals surface area contributed by atoms with E-state index in [4.69, 9.17) is 9.47 Å². The summed E-state index contributed by atoms with van der Waals surface area (Å²) < 4.78 is 12.2. The lowest BCUT2D eigenvalue weighted by Crippen LogP contribution is -2.58. The van der Waals surface area contributed by atoms with Gasteiger partial charge >= 0.3 is 0 Å². The van der Waals surface area contributed by atoms with Gasteiger partial charge in [0.05, 0.1) is 31.2 Å². The van der Waals surface area contributed by atoms with Gasteiger partial charge in [-0.15, -0.1) is 13.2 Å². The van der Waals surface area contributed by atoms with Crippen LogP contribution in [0.2, 0.25) is 0 Å². The monoisotopic (exact) mass is 631 g/mol. The largest absolute Gasteiger partial charge is 0.494 e. The van der Waals surface area contributed by atoms with Crippen LogP contribution in [0.4, 0.5) is 5.69 Å². The third kappa shape index (κ3) is 5.46. The minimum Gasteiger partial charge on any atom is -0.494 e. The number of ether oxygens (including phenoxy) is 2. The molecule has 1 N–H and O–H groups in total. The molecule has 1 aromatic rings. The van der Waals surface area contributed by atoms with Crippen molar-refractivity contribution in [3.8, 4) is 5.75 Å². The van der Waals surface area contributed by atoms with Gasteiger partial charge in [0.1, 0.15) is 17.4 Å². The van der Waals surface area contributed by atoms with E-state index < -0.39 is 29.6 Å². The highest BCUT2D eigenvalue weighted by Crippen LogP contribution is 2.60. The van der Waals surface area contributed by atoms with E-state index in [1.807, 2.05) is 26.0 Å². The molecule has 4 rings (SSSR count). The zero-order valence-electron chi connectivity index (χ0n) is 24.2. The van der Waals surface area contributed by atoms with Crippen molar-refractivity contribution in [1.29, 1.82) is 0 Å². The summed E-state index contributed by atoms with van der Waals surface area (Å²) in [7, 11) is 0. The molecule has 1 spiro atoms. The number of aliphatic hydroxyl groups excluding tert-OH is 1. The second kappa shape index (κ2) is 13.1. The van der Waals surface area contributed by atoms with Crippen molar-refractivity contribution in [1.82, 2.24) is 9.80 Å². The molecule has 7 atom stereocenters. The van der Waals surface area contributed by atoms with Gasteiger partial charge in [-0.2, -0.15) is 0 Å². The van der Waals surface area contributed by atoms with Crippen LogP contribution < -0.4 is 9.64 Å². The van der Waals surface area contributed by atoms with Crippen molar-refractivity contribution in [3.05, 3.63) is 49.6 Å². The molecule has 9 nitrogen and oxygen atoms in total. The van der Waals surface area contributed by atoms with Crippen LogP contribution in [0, 0.1) is 11.8 Å². The summed E-state index contributed by atoms with van der Waals surface area (Å²) in [5.41, 5.74) is -0.538. The van der Waals surface area contributed by atoms with Crippen LogP contribution in [0.3, 0.4) is 0 Å². The number of alkyl halides is 1. The third-order valence-electron chi connectivity index (χ3n) is 8.53. The first kappa shape index (κ1) is 31.3. The Morgan fingerprint density at radius 2 is 1.90 bits per heavy atom. The number of amides is 3. The quantitative estimate of drug-likeness (QED) is 0.249. The van der Waals surface area contributed by atoms with Crippen molar-refractivity contribution in [2.75, 3.05) is 37.7 Å². The molecule has 3 saturated heterocycles. The number of hydrogen-bond donors (Lipinski definition) is 1. The van der Waals surface area contributed by atoms with Crippen LogP contribution in [0.1, 0.15) is 40.0 Å². The molecule has 2 bridgehead atoms. The number of benzene rings is 1. The van der Waals surface area contributed by atoms with Crippen molar-refractivity contribution in [3.63, 3.8) is 0 Å². The molecule has 10 heteroatoms. The molecule has 1 aromatic carbocycles. The highest BCUT2D eigenvalue weighted by molar-refractivity contribution is 9.09. The molecule has 3 heterocycles. The fraction of sp³-hybridized carbons (Fsp3) is 0.581. The lowest BCUT2D eigenvalue weighted by molar-refractivity contribution is -0.149. The number of rotatable bonds is 14. The van der Waals surface area contributed by atoms with Crippen LogP contribution in [0.5, 0.6) is 5.75 Å². The van der Waals surface area contributed by atoms with E-state index in [1.54, 1.807) is 34.1 Å². The first-order valence-electron chi connectivity index (χ1n) is 14.5. The van der Waals surface area contributed by atoms with E-state index in [1.165, 1.54) is 4.90 Å². The maximum Gasteiger partial charge on any atom is 0.248 e. The average molecular weight is 633 g/mol. The molecule has 3 aliphatic rings. The summed E-state index contributed by atoms with van der Waals surface area (Å²) in [6.07, 6.45) is 4.84. The number of likely N-dealkylation sites (tertiary alicyclic amines) is 1. The Balaban J connectivity index is 1.74. The van der Waals surface area contributed by atoms with Gasteiger partial charge in [0.2, 0.25) is 17.7 Å². The minimum atomic E-state index is -1.19. The number of anilines is 1. The fourth-order valence-corrected chi connectivity index (χ4v) is 7.86. The van der Waals surface area contributed by atoms with Gasteiger partial charge < -0.3 is 29.3 Å². The van der Waals surface area contributed by atoms with Crippen molar-refractivity contribution < 1.29 is 29.0 Å². The summed E-state index contributed by atoms with van der Waals surface area (Å²) in [5, 5.41) is 9.92. The molecule has 41 heavy (non-hydrogen) atoms. The van der Waals surface area contributed by atoms with Crippen molar-refractivity contribution in [2.45, 2.75) is 68.6 Å². The Morgan fingerprint density at radius 1 is 1.22 bits per heavy atom. The summed E-state index contributed by atoms with van der Waals surface area (Å²) >= 11 is 3.73. The van der Waals surface area contributed by atoms with E-state index in [2.05, 4.69) is 36.0 Å². The Bertz CT molecular complexity index is 1150. The van der Waals surface area contributed by atoms with Crippen LogP contribution in [0.15, 0.2) is 49.6 Å². The van der Waals surface area contributed by atoms with E-state index in [0.717, 1.165) is 12.8 Å². The number of β-amino-alcohol motifs (C(OH)–C–C–N with tert-alkyl or cyclic N) is 1. The summed E-state index contributed by atoms with van der Waals surface area (Å²) in [4.78, 5) is 47.4. The van der Waals surface area contributed by atoms with Gasteiger partial charge in [0.25, 0.3) is 0 Å². The highest BCUT2D eigenvalue weighted by atomic mass is 79.9. The first-order valence-corrected chi connectivity index (χ1v) is 15.4. The average Bonchev–Trinajstić information content (AvgIpc) is 3.54. The molecule has 0 radical (unpaired) electrons. The molecule has 224 valence electrons. The molecule has 0 saturated carbocycles. The summed E-state index contributed by atoms with van der Waals surface area (Å²) in [5.74, 6) is -1.80. The highest BCUT2D eigenvalue weighted by Gasteiger charge is 2.77. The molecular formula is C31H42BrN3O6. The lowest BCUT2D eigenvalue weighted by atomic mass is 9.70. The number of carbonyl (C=O) groups is 3. The second-order valence-electron chi connectivity index (χ2n) is 11.0. The number of carbonyl (C=O) groups excluding carboxylic acids is 3. The number of nitrogens with zero attached hydrogens (tertiary/aromatic N) is 3. The van der Waals surface area contributed by atoms with Crippen LogP contribution >= 0.6 is 15.9 Å². The second-order valence-corrected chi connectivity index (χ2v) is 12.2. The van der Waals surface area contributed by atoms with Gasteiger partial charge in [-0.1, -0.05) is 41.4 Å². The zero-order valence-corrected chi connectivity index (χ0v) is 25.8. The van der Waals surface area contributed by atoms with E-state index in [9.17, 15) is 19.5 Å². The van der Waals surface area contributed by atoms with Crippen molar-refractivity contribution in [2.24, 2.45) is 11.8 Å². The molecule has 3 aliphatic heterocycles. The Labute approximate surface area is 251 Å². The Morgan fingerprint density at radius 3 is 2.49 bits per heavy atom. The zero-order chi connectivity index (χ0) is 29.9. The maximum absolute atomic E-state index is 14.4. The molecule has 3 fully saturated rings. The van der Waals surface area contributed by atoms with E-state index >= 15 is 0 Å². The van der Waals surface area contributed by atoms with Gasteiger partial charge in [-0.25, -0.2) is 0 Å². The molecule has 0 aromatic heterocycles. The number of fused-ring (bicyclic) bond motifs is 1. The fourth-order valence-electron chi connectivity index (χ4n) is 6.92. The third-order valence-corrected chi connectivity index (χ3v) is 9.38. The van der Waals surface area contributed by atoms with Gasteiger partial charge in [-0.3, -0.25) is 14.4 Å². The van der Waals surface area contributed by atoms with Crippen LogP contribution in [-0.2, 0) is 19.1 Å². The molecular weight excluding hydrogens is 590 g/mol. The molecule has 3 amide bonds. The Kier molecular flexibility index (Phi) is 9.97. The predicted octanol–water partition coefficient (Wildman–Crippen LogP) is 3.55. The molecule has 4 unspecified atom stereocenters. The lowest BCUT2D eigenvalue weighted by Gasteiger charge is -2.39. The van der Waals surface area contributed by atoms with Gasteiger partial charge in [0.15, 0.2) is 0 Å². The number of halogens is 1. The van der Waals surface area contributed by atoms with Crippen LogP contribution in [0.25, 0.3) is 0 Å². The summed E-state index contributed by atoms with van der Waals surface area (Å²) in [6.45, 7) is 14.4. The van der Waals surface area contributed by atoms with Crippen molar-refractivity contribution >= 4 is 39.3 Å².